The Morgan fingerprint density at radius 1 is 1.25 bits per heavy atom. The van der Waals surface area contributed by atoms with Gasteiger partial charge >= 0.3 is 0 Å². The first-order valence-corrected chi connectivity index (χ1v) is 6.39. The lowest BCUT2D eigenvalue weighted by Crippen LogP contribution is -2.25. The molecule has 0 fully saturated rings. The van der Waals surface area contributed by atoms with Crippen molar-refractivity contribution in [3.8, 4) is 5.75 Å². The largest absolute Gasteiger partial charge is 0.488 e. The zero-order valence-electron chi connectivity index (χ0n) is 11.2. The highest BCUT2D eigenvalue weighted by Gasteiger charge is 2.11. The zero-order chi connectivity index (χ0) is 14.3. The van der Waals surface area contributed by atoms with Crippen LogP contribution in [0.4, 0.5) is 5.69 Å². The summed E-state index contributed by atoms with van der Waals surface area (Å²) in [6.45, 7) is 0.996. The quantitative estimate of drug-likeness (QED) is 0.747. The maximum Gasteiger partial charge on any atom is 0.238 e. The molecule has 0 aliphatic rings. The van der Waals surface area contributed by atoms with Crippen LogP contribution in [0.15, 0.2) is 12.1 Å². The predicted molar refractivity (Wildman–Crippen MR) is 83.6 cm³/mol. The summed E-state index contributed by atoms with van der Waals surface area (Å²) in [6, 6.07) is 3.17. The predicted octanol–water partition coefficient (Wildman–Crippen LogP) is 2.60. The van der Waals surface area contributed by atoms with Gasteiger partial charge in [-0.25, -0.2) is 0 Å². The molecule has 1 aromatic carbocycles. The van der Waals surface area contributed by atoms with Crippen LogP contribution in [-0.4, -0.2) is 39.8 Å². The molecule has 0 aliphatic heterocycles. The van der Waals surface area contributed by atoms with Crippen LogP contribution in [0.5, 0.6) is 5.75 Å². The molecule has 8 heteroatoms. The van der Waals surface area contributed by atoms with Gasteiger partial charge in [-0.3, -0.25) is 4.79 Å². The fourth-order valence-electron chi connectivity index (χ4n) is 1.36. The summed E-state index contributed by atoms with van der Waals surface area (Å²) in [4.78, 5) is 11.4. The van der Waals surface area contributed by atoms with Gasteiger partial charge in [0.25, 0.3) is 0 Å². The number of halogens is 3. The summed E-state index contributed by atoms with van der Waals surface area (Å²) < 4.78 is 10.3. The van der Waals surface area contributed by atoms with E-state index in [1.54, 1.807) is 26.3 Å². The van der Waals surface area contributed by atoms with E-state index in [9.17, 15) is 4.79 Å². The molecule has 114 valence electrons. The van der Waals surface area contributed by atoms with Crippen LogP contribution >= 0.6 is 35.6 Å². The molecule has 1 amide bonds. The minimum Gasteiger partial charge on any atom is -0.488 e. The summed E-state index contributed by atoms with van der Waals surface area (Å²) in [5.41, 5.74) is 0.523. The van der Waals surface area contributed by atoms with Gasteiger partial charge in [0.2, 0.25) is 5.91 Å². The first-order chi connectivity index (χ1) is 9.08. The first kappa shape index (κ1) is 19.3. The van der Waals surface area contributed by atoms with Crippen molar-refractivity contribution in [2.24, 2.45) is 0 Å². The van der Waals surface area contributed by atoms with Crippen LogP contribution in [-0.2, 0) is 9.53 Å². The number of methoxy groups -OCH3 is 1. The number of hydrogen-bond acceptors (Lipinski definition) is 4. The number of benzene rings is 1. The summed E-state index contributed by atoms with van der Waals surface area (Å²) in [5, 5.41) is 6.09. The second-order valence-corrected chi connectivity index (χ2v) is 4.50. The van der Waals surface area contributed by atoms with Gasteiger partial charge in [0, 0.05) is 12.8 Å². The maximum atomic E-state index is 11.4. The number of amides is 1. The van der Waals surface area contributed by atoms with Gasteiger partial charge in [-0.2, -0.15) is 0 Å². The molecule has 0 saturated carbocycles. The van der Waals surface area contributed by atoms with Crippen molar-refractivity contribution in [1.29, 1.82) is 0 Å². The molecule has 0 atom stereocenters. The Labute approximate surface area is 134 Å². The number of carbonyl (C=O) groups is 1. The molecule has 0 radical (unpaired) electrons. The topological polar surface area (TPSA) is 59.6 Å². The van der Waals surface area contributed by atoms with E-state index in [0.29, 0.717) is 34.7 Å². The Balaban J connectivity index is 0.00000361. The second-order valence-electron chi connectivity index (χ2n) is 3.69. The molecule has 1 aromatic rings. The smallest absolute Gasteiger partial charge is 0.238 e. The van der Waals surface area contributed by atoms with Gasteiger partial charge in [-0.1, -0.05) is 23.2 Å². The monoisotopic (exact) mass is 342 g/mol. The summed E-state index contributed by atoms with van der Waals surface area (Å²) in [6.07, 6.45) is 0. The SMILES string of the molecule is CNCC(=O)Nc1cc(Cl)c(OCCOC)c(Cl)c1.Cl. The Hall–Kier alpha value is -0.720. The van der Waals surface area contributed by atoms with Gasteiger partial charge < -0.3 is 20.1 Å². The van der Waals surface area contributed by atoms with Gasteiger partial charge in [0.05, 0.1) is 23.2 Å². The van der Waals surface area contributed by atoms with Crippen molar-refractivity contribution in [3.05, 3.63) is 22.2 Å². The standard InChI is InChI=1S/C12H16Cl2N2O3.ClH/c1-15-7-11(17)16-8-5-9(13)12(10(14)6-8)19-4-3-18-2;/h5-6,15H,3-4,7H2,1-2H3,(H,16,17);1H. The molecule has 20 heavy (non-hydrogen) atoms. The highest BCUT2D eigenvalue weighted by Crippen LogP contribution is 2.35. The van der Waals surface area contributed by atoms with Crippen LogP contribution in [0.3, 0.4) is 0 Å². The average Bonchev–Trinajstić information content (AvgIpc) is 2.33. The molecule has 0 heterocycles. The molecule has 5 nitrogen and oxygen atoms in total. The third kappa shape index (κ3) is 6.15. The van der Waals surface area contributed by atoms with E-state index >= 15 is 0 Å². The number of carbonyl (C=O) groups excluding carboxylic acids is 1. The summed E-state index contributed by atoms with van der Waals surface area (Å²) in [7, 11) is 3.26. The normalized spacial score (nSPS) is 9.80. The third-order valence-corrected chi connectivity index (χ3v) is 2.71. The Kier molecular flexibility index (Phi) is 9.71. The van der Waals surface area contributed by atoms with E-state index in [4.69, 9.17) is 32.7 Å². The number of likely N-dealkylation sites (N-methyl/N-ethyl adjacent to an activating group) is 1. The van der Waals surface area contributed by atoms with Crippen LogP contribution in [0.25, 0.3) is 0 Å². The van der Waals surface area contributed by atoms with Crippen LogP contribution in [0.2, 0.25) is 10.0 Å². The van der Waals surface area contributed by atoms with Crippen molar-refractivity contribution in [2.45, 2.75) is 0 Å². The van der Waals surface area contributed by atoms with Crippen molar-refractivity contribution >= 4 is 47.2 Å². The number of ether oxygens (including phenoxy) is 2. The van der Waals surface area contributed by atoms with Crippen molar-refractivity contribution in [2.75, 3.05) is 39.2 Å². The lowest BCUT2D eigenvalue weighted by molar-refractivity contribution is -0.115. The fraction of sp³-hybridized carbons (Fsp3) is 0.417. The van der Waals surface area contributed by atoms with Crippen molar-refractivity contribution in [3.63, 3.8) is 0 Å². The summed E-state index contributed by atoms with van der Waals surface area (Å²) >= 11 is 12.1. The molecule has 0 aliphatic carbocycles. The van der Waals surface area contributed by atoms with E-state index in [1.807, 2.05) is 0 Å². The van der Waals surface area contributed by atoms with Gasteiger partial charge in [-0.05, 0) is 19.2 Å². The minimum absolute atomic E-state index is 0. The number of anilines is 1. The lowest BCUT2D eigenvalue weighted by Gasteiger charge is -2.12. The zero-order valence-corrected chi connectivity index (χ0v) is 13.5. The molecule has 0 bridgehead atoms. The highest BCUT2D eigenvalue weighted by molar-refractivity contribution is 6.37. The second kappa shape index (κ2) is 10.1. The molecule has 2 N–H and O–H groups in total. The lowest BCUT2D eigenvalue weighted by atomic mass is 10.3. The summed E-state index contributed by atoms with van der Waals surface area (Å²) in [5.74, 6) is 0.203. The van der Waals surface area contributed by atoms with Gasteiger partial charge in [-0.15, -0.1) is 12.4 Å². The van der Waals surface area contributed by atoms with E-state index < -0.39 is 0 Å². The third-order valence-electron chi connectivity index (χ3n) is 2.15. The Morgan fingerprint density at radius 3 is 2.35 bits per heavy atom. The van der Waals surface area contributed by atoms with Gasteiger partial charge in [0.1, 0.15) is 6.61 Å². The molecule has 0 spiro atoms. The van der Waals surface area contributed by atoms with E-state index in [-0.39, 0.29) is 24.9 Å². The van der Waals surface area contributed by atoms with E-state index in [2.05, 4.69) is 10.6 Å². The average molecular weight is 344 g/mol. The van der Waals surface area contributed by atoms with Crippen LogP contribution < -0.4 is 15.4 Å². The molecule has 0 saturated heterocycles. The van der Waals surface area contributed by atoms with E-state index in [0.717, 1.165) is 0 Å². The van der Waals surface area contributed by atoms with E-state index in [1.165, 1.54) is 0 Å². The first-order valence-electron chi connectivity index (χ1n) is 5.63. The molecule has 1 rings (SSSR count). The van der Waals surface area contributed by atoms with Crippen molar-refractivity contribution in [1.82, 2.24) is 5.32 Å². The molecular formula is C12H17Cl3N2O3. The Bertz CT molecular complexity index is 421. The molecule has 0 aromatic heterocycles. The molecular weight excluding hydrogens is 327 g/mol. The minimum atomic E-state index is -0.178. The number of nitrogens with one attached hydrogen (secondary N) is 2. The number of rotatable bonds is 7. The van der Waals surface area contributed by atoms with Crippen LogP contribution in [0, 0.1) is 0 Å². The van der Waals surface area contributed by atoms with Crippen LogP contribution in [0.1, 0.15) is 0 Å². The molecule has 0 unspecified atom stereocenters. The fourth-order valence-corrected chi connectivity index (χ4v) is 1.96. The van der Waals surface area contributed by atoms with Gasteiger partial charge in [0.15, 0.2) is 5.75 Å². The number of hydrogen-bond donors (Lipinski definition) is 2. The highest BCUT2D eigenvalue weighted by atomic mass is 35.5. The maximum absolute atomic E-state index is 11.4. The Morgan fingerprint density at radius 2 is 1.85 bits per heavy atom. The van der Waals surface area contributed by atoms with Crippen molar-refractivity contribution < 1.29 is 14.3 Å².